The Kier molecular flexibility index (Phi) is 2.86. The van der Waals surface area contributed by atoms with Crippen LogP contribution in [0.2, 0.25) is 10.0 Å². The lowest BCUT2D eigenvalue weighted by atomic mass is 10.2. The van der Waals surface area contributed by atoms with E-state index in [2.05, 4.69) is 11.2 Å². The SMILES string of the molecule is Cc1c(C#N)cnn1-c1ccc(Cl)c(Cl)c1. The Morgan fingerprint density at radius 3 is 2.62 bits per heavy atom. The van der Waals surface area contributed by atoms with Crippen molar-refractivity contribution < 1.29 is 0 Å². The fraction of sp³-hybridized carbons (Fsp3) is 0.0909. The van der Waals surface area contributed by atoms with Crippen molar-refractivity contribution in [2.24, 2.45) is 0 Å². The Labute approximate surface area is 103 Å². The number of aromatic nitrogens is 2. The second kappa shape index (κ2) is 4.17. The minimum atomic E-state index is 0.465. The van der Waals surface area contributed by atoms with Crippen LogP contribution in [-0.4, -0.2) is 9.78 Å². The fourth-order valence-electron chi connectivity index (χ4n) is 1.40. The molecular weight excluding hydrogens is 245 g/mol. The molecule has 80 valence electrons. The predicted octanol–water partition coefficient (Wildman–Crippen LogP) is 3.36. The van der Waals surface area contributed by atoms with Crippen LogP contribution in [0.15, 0.2) is 24.4 Å². The first-order valence-corrected chi connectivity index (χ1v) is 5.29. The smallest absolute Gasteiger partial charge is 0.103 e. The molecule has 2 rings (SSSR count). The van der Waals surface area contributed by atoms with Gasteiger partial charge in [-0.1, -0.05) is 23.2 Å². The van der Waals surface area contributed by atoms with Crippen molar-refractivity contribution in [1.29, 1.82) is 5.26 Å². The Morgan fingerprint density at radius 1 is 1.31 bits per heavy atom. The van der Waals surface area contributed by atoms with Crippen LogP contribution in [0.3, 0.4) is 0 Å². The fourth-order valence-corrected chi connectivity index (χ4v) is 1.69. The van der Waals surface area contributed by atoms with Crippen LogP contribution in [0.1, 0.15) is 11.3 Å². The number of nitriles is 1. The average molecular weight is 252 g/mol. The second-order valence-electron chi connectivity index (χ2n) is 3.27. The van der Waals surface area contributed by atoms with E-state index in [9.17, 15) is 0 Å². The van der Waals surface area contributed by atoms with E-state index < -0.39 is 0 Å². The molecule has 1 heterocycles. The molecule has 0 amide bonds. The van der Waals surface area contributed by atoms with Crippen molar-refractivity contribution in [3.63, 3.8) is 0 Å². The first kappa shape index (κ1) is 11.0. The second-order valence-corrected chi connectivity index (χ2v) is 4.08. The molecule has 3 nitrogen and oxygen atoms in total. The molecule has 0 bridgehead atoms. The number of nitrogens with zero attached hydrogens (tertiary/aromatic N) is 3. The van der Waals surface area contributed by atoms with Gasteiger partial charge in [-0.05, 0) is 25.1 Å². The monoisotopic (exact) mass is 251 g/mol. The Bertz CT molecular complexity index is 581. The van der Waals surface area contributed by atoms with Crippen LogP contribution in [0.25, 0.3) is 5.69 Å². The lowest BCUT2D eigenvalue weighted by Gasteiger charge is -2.05. The quantitative estimate of drug-likeness (QED) is 0.780. The molecule has 0 saturated heterocycles. The average Bonchev–Trinajstić information content (AvgIpc) is 2.64. The highest BCUT2D eigenvalue weighted by Gasteiger charge is 2.08. The molecule has 0 spiro atoms. The zero-order chi connectivity index (χ0) is 11.7. The Morgan fingerprint density at radius 2 is 2.06 bits per heavy atom. The van der Waals surface area contributed by atoms with Gasteiger partial charge in [0.2, 0.25) is 0 Å². The zero-order valence-corrected chi connectivity index (χ0v) is 9.92. The standard InChI is InChI=1S/C11H7Cl2N3/c1-7-8(5-14)6-15-16(7)9-2-3-10(12)11(13)4-9/h2-4,6H,1H3. The Balaban J connectivity index is 2.55. The van der Waals surface area contributed by atoms with Gasteiger partial charge in [0.1, 0.15) is 6.07 Å². The van der Waals surface area contributed by atoms with E-state index in [0.717, 1.165) is 11.4 Å². The number of halogens is 2. The van der Waals surface area contributed by atoms with Crippen LogP contribution in [0, 0.1) is 18.3 Å². The van der Waals surface area contributed by atoms with Crippen molar-refractivity contribution in [2.75, 3.05) is 0 Å². The van der Waals surface area contributed by atoms with E-state index in [1.807, 2.05) is 6.92 Å². The van der Waals surface area contributed by atoms with Gasteiger partial charge >= 0.3 is 0 Å². The van der Waals surface area contributed by atoms with E-state index >= 15 is 0 Å². The van der Waals surface area contributed by atoms with Gasteiger partial charge in [-0.2, -0.15) is 10.4 Å². The lowest BCUT2D eigenvalue weighted by molar-refractivity contribution is 0.847. The molecule has 0 unspecified atom stereocenters. The predicted molar refractivity (Wildman–Crippen MR) is 63.0 cm³/mol. The van der Waals surface area contributed by atoms with Crippen molar-refractivity contribution in [1.82, 2.24) is 9.78 Å². The van der Waals surface area contributed by atoms with E-state index in [1.165, 1.54) is 6.20 Å². The molecule has 2 aromatic rings. The van der Waals surface area contributed by atoms with Crippen molar-refractivity contribution in [3.8, 4) is 11.8 Å². The Hall–Kier alpha value is -1.50. The normalized spacial score (nSPS) is 10.1. The molecule has 0 aliphatic rings. The molecule has 1 aromatic carbocycles. The van der Waals surface area contributed by atoms with Gasteiger partial charge in [0.05, 0.1) is 33.2 Å². The summed E-state index contributed by atoms with van der Waals surface area (Å²) in [5, 5.41) is 13.9. The lowest BCUT2D eigenvalue weighted by Crippen LogP contribution is -1.98. The maximum Gasteiger partial charge on any atom is 0.103 e. The summed E-state index contributed by atoms with van der Waals surface area (Å²) < 4.78 is 1.65. The highest BCUT2D eigenvalue weighted by molar-refractivity contribution is 6.42. The minimum Gasteiger partial charge on any atom is -0.237 e. The van der Waals surface area contributed by atoms with Crippen molar-refractivity contribution in [3.05, 3.63) is 45.7 Å². The third kappa shape index (κ3) is 1.78. The van der Waals surface area contributed by atoms with Gasteiger partial charge in [0.15, 0.2) is 0 Å². The van der Waals surface area contributed by atoms with Gasteiger partial charge < -0.3 is 0 Å². The van der Waals surface area contributed by atoms with Crippen molar-refractivity contribution in [2.45, 2.75) is 6.92 Å². The molecule has 0 fully saturated rings. The highest BCUT2D eigenvalue weighted by Crippen LogP contribution is 2.25. The number of rotatable bonds is 1. The summed E-state index contributed by atoms with van der Waals surface area (Å²) in [7, 11) is 0. The summed E-state index contributed by atoms with van der Waals surface area (Å²) in [6.07, 6.45) is 1.53. The number of benzene rings is 1. The summed E-state index contributed by atoms with van der Waals surface area (Å²) in [4.78, 5) is 0. The summed E-state index contributed by atoms with van der Waals surface area (Å²) in [5.74, 6) is 0. The molecule has 0 radical (unpaired) electrons. The van der Waals surface area contributed by atoms with E-state index in [1.54, 1.807) is 22.9 Å². The molecule has 0 N–H and O–H groups in total. The summed E-state index contributed by atoms with van der Waals surface area (Å²) in [6, 6.07) is 7.28. The van der Waals surface area contributed by atoms with Gasteiger partial charge in [-0.15, -0.1) is 0 Å². The molecule has 1 aromatic heterocycles. The van der Waals surface area contributed by atoms with Crippen LogP contribution in [0.4, 0.5) is 0 Å². The molecule has 0 aliphatic heterocycles. The first-order chi connectivity index (χ1) is 7.63. The largest absolute Gasteiger partial charge is 0.237 e. The third-order valence-corrected chi connectivity index (χ3v) is 3.02. The summed E-state index contributed by atoms with van der Waals surface area (Å²) in [6.45, 7) is 1.83. The topological polar surface area (TPSA) is 41.6 Å². The van der Waals surface area contributed by atoms with E-state index in [-0.39, 0.29) is 0 Å². The van der Waals surface area contributed by atoms with Crippen molar-refractivity contribution >= 4 is 23.2 Å². The molecule has 0 saturated carbocycles. The van der Waals surface area contributed by atoms with Gasteiger partial charge in [0.25, 0.3) is 0 Å². The van der Waals surface area contributed by atoms with Crippen LogP contribution in [0.5, 0.6) is 0 Å². The van der Waals surface area contributed by atoms with Crippen LogP contribution in [-0.2, 0) is 0 Å². The highest BCUT2D eigenvalue weighted by atomic mass is 35.5. The van der Waals surface area contributed by atoms with Gasteiger partial charge in [0, 0.05) is 0 Å². The summed E-state index contributed by atoms with van der Waals surface area (Å²) in [5.41, 5.74) is 2.11. The zero-order valence-electron chi connectivity index (χ0n) is 8.41. The molecule has 5 heteroatoms. The maximum absolute atomic E-state index is 8.83. The number of hydrogen-bond donors (Lipinski definition) is 0. The maximum atomic E-state index is 8.83. The van der Waals surface area contributed by atoms with Gasteiger partial charge in [-0.25, -0.2) is 4.68 Å². The van der Waals surface area contributed by atoms with Crippen LogP contribution < -0.4 is 0 Å². The molecule has 16 heavy (non-hydrogen) atoms. The minimum absolute atomic E-state index is 0.465. The van der Waals surface area contributed by atoms with Gasteiger partial charge in [-0.3, -0.25) is 0 Å². The van der Waals surface area contributed by atoms with E-state index in [0.29, 0.717) is 15.6 Å². The molecule has 0 atom stereocenters. The van der Waals surface area contributed by atoms with E-state index in [4.69, 9.17) is 28.5 Å². The third-order valence-electron chi connectivity index (χ3n) is 2.28. The first-order valence-electron chi connectivity index (χ1n) is 4.53. The molecule has 0 aliphatic carbocycles. The molecular formula is C11H7Cl2N3. The number of hydrogen-bond acceptors (Lipinski definition) is 2. The summed E-state index contributed by atoms with van der Waals surface area (Å²) >= 11 is 11.7. The van der Waals surface area contributed by atoms with Crippen LogP contribution >= 0.6 is 23.2 Å².